The number of halogens is 4. The fourth-order valence-corrected chi connectivity index (χ4v) is 1.48. The summed E-state index contributed by atoms with van der Waals surface area (Å²) in [6.07, 6.45) is 0.178. The van der Waals surface area contributed by atoms with Crippen LogP contribution in [-0.2, 0) is 0 Å². The highest BCUT2D eigenvalue weighted by Crippen LogP contribution is 2.29. The van der Waals surface area contributed by atoms with Crippen molar-refractivity contribution >= 4 is 6.29 Å². The zero-order valence-corrected chi connectivity index (χ0v) is 9.29. The fourth-order valence-electron chi connectivity index (χ4n) is 1.48. The summed E-state index contributed by atoms with van der Waals surface area (Å²) in [6.45, 7) is 0. The number of carbonyl (C=O) groups is 1. The second-order valence-electron chi connectivity index (χ2n) is 3.63. The monoisotopic (exact) mass is 270 g/mol. The van der Waals surface area contributed by atoms with E-state index >= 15 is 0 Å². The van der Waals surface area contributed by atoms with Crippen molar-refractivity contribution in [1.29, 1.82) is 0 Å². The van der Waals surface area contributed by atoms with E-state index < -0.39 is 34.6 Å². The van der Waals surface area contributed by atoms with Gasteiger partial charge in [-0.05, 0) is 6.07 Å². The molecule has 0 atom stereocenters. The van der Waals surface area contributed by atoms with E-state index in [0.717, 1.165) is 18.2 Å². The summed E-state index contributed by atoms with van der Waals surface area (Å²) in [5.41, 5.74) is -0.401. The molecule has 98 valence electrons. The molecule has 0 unspecified atom stereocenters. The van der Waals surface area contributed by atoms with Crippen LogP contribution in [0.1, 0.15) is 10.4 Å². The van der Waals surface area contributed by atoms with Crippen molar-refractivity contribution in [3.63, 3.8) is 0 Å². The maximum Gasteiger partial charge on any atom is 0.173 e. The van der Waals surface area contributed by atoms with Gasteiger partial charge in [0.2, 0.25) is 0 Å². The highest BCUT2D eigenvalue weighted by atomic mass is 19.1. The molecule has 0 N–H and O–H groups in total. The molecule has 0 amide bonds. The van der Waals surface area contributed by atoms with Crippen molar-refractivity contribution in [3.05, 3.63) is 59.2 Å². The topological polar surface area (TPSA) is 26.3 Å². The Bertz CT molecular complexity index is 621. The summed E-state index contributed by atoms with van der Waals surface area (Å²) in [6, 6.07) is 3.47. The van der Waals surface area contributed by atoms with Gasteiger partial charge in [0.05, 0.1) is 5.56 Å². The van der Waals surface area contributed by atoms with E-state index in [0.29, 0.717) is 12.1 Å². The van der Waals surface area contributed by atoms with Gasteiger partial charge >= 0.3 is 0 Å². The van der Waals surface area contributed by atoms with Crippen LogP contribution >= 0.6 is 0 Å². The highest BCUT2D eigenvalue weighted by molar-refractivity contribution is 5.79. The molecule has 0 bridgehead atoms. The van der Waals surface area contributed by atoms with Crippen LogP contribution in [0.25, 0.3) is 0 Å². The Balaban J connectivity index is 2.45. The van der Waals surface area contributed by atoms with Crippen LogP contribution in [0.2, 0.25) is 0 Å². The quantitative estimate of drug-likeness (QED) is 0.625. The van der Waals surface area contributed by atoms with E-state index in [2.05, 4.69) is 0 Å². The van der Waals surface area contributed by atoms with Crippen LogP contribution in [-0.4, -0.2) is 6.29 Å². The molecule has 0 aliphatic heterocycles. The summed E-state index contributed by atoms with van der Waals surface area (Å²) >= 11 is 0. The van der Waals surface area contributed by atoms with Gasteiger partial charge in [0.15, 0.2) is 17.9 Å². The first-order chi connectivity index (χ1) is 8.99. The van der Waals surface area contributed by atoms with Gasteiger partial charge in [0.25, 0.3) is 0 Å². The molecule has 0 spiro atoms. The van der Waals surface area contributed by atoms with E-state index in [1.807, 2.05) is 0 Å². The molecule has 2 aromatic carbocycles. The summed E-state index contributed by atoms with van der Waals surface area (Å²) in [5, 5.41) is 0. The van der Waals surface area contributed by atoms with Gasteiger partial charge in [-0.1, -0.05) is 0 Å². The zero-order chi connectivity index (χ0) is 14.0. The molecular weight excluding hydrogens is 264 g/mol. The number of rotatable bonds is 3. The van der Waals surface area contributed by atoms with E-state index in [-0.39, 0.29) is 12.0 Å². The predicted molar refractivity (Wildman–Crippen MR) is 58.2 cm³/mol. The Kier molecular flexibility index (Phi) is 3.50. The molecule has 0 fully saturated rings. The van der Waals surface area contributed by atoms with Gasteiger partial charge in [-0.3, -0.25) is 4.79 Å². The van der Waals surface area contributed by atoms with Gasteiger partial charge in [-0.15, -0.1) is 0 Å². The van der Waals surface area contributed by atoms with E-state index in [4.69, 9.17) is 4.74 Å². The zero-order valence-electron chi connectivity index (χ0n) is 9.29. The van der Waals surface area contributed by atoms with Crippen LogP contribution in [0.4, 0.5) is 17.6 Å². The molecule has 2 rings (SSSR count). The van der Waals surface area contributed by atoms with Crippen molar-refractivity contribution < 1.29 is 27.1 Å². The van der Waals surface area contributed by atoms with Gasteiger partial charge < -0.3 is 4.74 Å². The number of hydrogen-bond acceptors (Lipinski definition) is 2. The molecule has 6 heteroatoms. The second-order valence-corrected chi connectivity index (χ2v) is 3.63. The average molecular weight is 270 g/mol. The van der Waals surface area contributed by atoms with Crippen molar-refractivity contribution in [2.75, 3.05) is 0 Å². The normalized spacial score (nSPS) is 10.3. The van der Waals surface area contributed by atoms with Gasteiger partial charge in [0.1, 0.15) is 23.2 Å². The summed E-state index contributed by atoms with van der Waals surface area (Å²) in [7, 11) is 0. The SMILES string of the molecule is O=Cc1cc(F)cc(F)c1Oc1cc(F)cc(F)c1. The van der Waals surface area contributed by atoms with Crippen LogP contribution in [0.5, 0.6) is 11.5 Å². The van der Waals surface area contributed by atoms with Gasteiger partial charge in [-0.2, -0.15) is 0 Å². The molecule has 0 radical (unpaired) electrons. The number of hydrogen-bond donors (Lipinski definition) is 0. The smallest absolute Gasteiger partial charge is 0.173 e. The summed E-state index contributed by atoms with van der Waals surface area (Å²) in [5.74, 6) is -4.90. The summed E-state index contributed by atoms with van der Waals surface area (Å²) < 4.78 is 57.1. The van der Waals surface area contributed by atoms with Crippen LogP contribution in [0.15, 0.2) is 30.3 Å². The van der Waals surface area contributed by atoms with Gasteiger partial charge in [0, 0.05) is 24.3 Å². The van der Waals surface area contributed by atoms with E-state index in [1.165, 1.54) is 0 Å². The lowest BCUT2D eigenvalue weighted by Crippen LogP contribution is -1.97. The number of ether oxygens (including phenoxy) is 1. The largest absolute Gasteiger partial charge is 0.453 e. The molecular formula is C13H6F4O2. The molecule has 0 aliphatic carbocycles. The van der Waals surface area contributed by atoms with Crippen LogP contribution in [0.3, 0.4) is 0 Å². The number of aldehydes is 1. The third kappa shape index (κ3) is 2.90. The first kappa shape index (κ1) is 13.1. The molecule has 2 nitrogen and oxygen atoms in total. The Labute approximate surface area is 105 Å². The lowest BCUT2D eigenvalue weighted by atomic mass is 10.2. The lowest BCUT2D eigenvalue weighted by Gasteiger charge is -2.09. The maximum absolute atomic E-state index is 13.5. The van der Waals surface area contributed by atoms with Crippen molar-refractivity contribution in [1.82, 2.24) is 0 Å². The molecule has 0 aromatic heterocycles. The maximum atomic E-state index is 13.5. The third-order valence-corrected chi connectivity index (χ3v) is 2.22. The van der Waals surface area contributed by atoms with Crippen LogP contribution < -0.4 is 4.74 Å². The van der Waals surface area contributed by atoms with E-state index in [1.54, 1.807) is 0 Å². The lowest BCUT2D eigenvalue weighted by molar-refractivity contribution is 0.112. The highest BCUT2D eigenvalue weighted by Gasteiger charge is 2.14. The second kappa shape index (κ2) is 5.09. The molecule has 0 saturated heterocycles. The third-order valence-electron chi connectivity index (χ3n) is 2.22. The van der Waals surface area contributed by atoms with Crippen molar-refractivity contribution in [2.45, 2.75) is 0 Å². The van der Waals surface area contributed by atoms with Crippen molar-refractivity contribution in [3.8, 4) is 11.5 Å². The Hall–Kier alpha value is -2.37. The minimum Gasteiger partial charge on any atom is -0.453 e. The average Bonchev–Trinajstić information content (AvgIpc) is 2.31. The molecule has 0 saturated carbocycles. The molecule has 2 aromatic rings. The minimum absolute atomic E-state index is 0.178. The fraction of sp³-hybridized carbons (Fsp3) is 0. The first-order valence-corrected chi connectivity index (χ1v) is 5.08. The number of benzene rings is 2. The van der Waals surface area contributed by atoms with E-state index in [9.17, 15) is 22.4 Å². The molecule has 19 heavy (non-hydrogen) atoms. The standard InChI is InChI=1S/C13H6F4O2/c14-8-1-7(6-18)13(12(17)5-8)19-11-3-9(15)2-10(16)4-11/h1-6H. The van der Waals surface area contributed by atoms with Crippen LogP contribution in [0, 0.1) is 23.3 Å². The molecule has 0 aliphatic rings. The Morgan fingerprint density at radius 1 is 0.842 bits per heavy atom. The van der Waals surface area contributed by atoms with Crippen molar-refractivity contribution in [2.24, 2.45) is 0 Å². The summed E-state index contributed by atoms with van der Waals surface area (Å²) in [4.78, 5) is 10.7. The Morgan fingerprint density at radius 2 is 1.42 bits per heavy atom. The van der Waals surface area contributed by atoms with Gasteiger partial charge in [-0.25, -0.2) is 17.6 Å². The Morgan fingerprint density at radius 3 is 2.00 bits per heavy atom. The number of carbonyl (C=O) groups excluding carboxylic acids is 1. The predicted octanol–water partition coefficient (Wildman–Crippen LogP) is 3.85. The first-order valence-electron chi connectivity index (χ1n) is 5.08. The minimum atomic E-state index is -1.15. The molecule has 0 heterocycles.